The van der Waals surface area contributed by atoms with Gasteiger partial charge in [-0.25, -0.2) is 13.2 Å². The summed E-state index contributed by atoms with van der Waals surface area (Å²) in [5, 5.41) is 11.1. The molecule has 0 amide bonds. The lowest BCUT2D eigenvalue weighted by Crippen LogP contribution is -2.25. The van der Waals surface area contributed by atoms with E-state index in [1.54, 1.807) is 17.4 Å². The minimum Gasteiger partial charge on any atom is -0.475 e. The number of benzene rings is 1. The monoisotopic (exact) mass is 419 g/mol. The summed E-state index contributed by atoms with van der Waals surface area (Å²) in [6.07, 6.45) is -5.08. The van der Waals surface area contributed by atoms with E-state index in [1.165, 1.54) is 5.56 Å². The Morgan fingerprint density at radius 1 is 1.22 bits per heavy atom. The second kappa shape index (κ2) is 7.25. The second-order valence-corrected chi connectivity index (χ2v) is 9.27. The van der Waals surface area contributed by atoms with E-state index in [0.29, 0.717) is 11.4 Å². The molecule has 1 fully saturated rings. The summed E-state index contributed by atoms with van der Waals surface area (Å²) in [6.45, 7) is 2.35. The van der Waals surface area contributed by atoms with E-state index in [-0.39, 0.29) is 11.2 Å². The molecule has 0 spiro atoms. The quantitative estimate of drug-likeness (QED) is 0.810. The molecule has 0 aliphatic carbocycles. The van der Waals surface area contributed by atoms with Crippen molar-refractivity contribution in [1.29, 1.82) is 0 Å². The fraction of sp³-hybridized carbons (Fsp3) is 0.353. The van der Waals surface area contributed by atoms with Gasteiger partial charge in [0.25, 0.3) is 0 Å². The Kier molecular flexibility index (Phi) is 5.33. The molecule has 2 unspecified atom stereocenters. The molecule has 10 heteroatoms. The number of alkyl halides is 3. The highest BCUT2D eigenvalue weighted by Crippen LogP contribution is 2.44. The molecule has 1 N–H and O–H groups in total. The highest BCUT2D eigenvalue weighted by molar-refractivity contribution is 7.92. The Hall–Kier alpha value is -1.91. The zero-order valence-corrected chi connectivity index (χ0v) is 15.5. The molecule has 3 heterocycles. The van der Waals surface area contributed by atoms with Crippen LogP contribution in [0.25, 0.3) is 0 Å². The molecule has 0 bridgehead atoms. The van der Waals surface area contributed by atoms with E-state index < -0.39 is 22.0 Å². The van der Waals surface area contributed by atoms with Crippen molar-refractivity contribution in [3.8, 4) is 0 Å². The topological polar surface area (TPSA) is 74.7 Å². The van der Waals surface area contributed by atoms with Gasteiger partial charge >= 0.3 is 12.1 Å². The van der Waals surface area contributed by atoms with Crippen LogP contribution in [-0.2, 0) is 21.2 Å². The van der Waals surface area contributed by atoms with Crippen molar-refractivity contribution in [2.75, 3.05) is 13.1 Å². The highest BCUT2D eigenvalue weighted by atomic mass is 32.2. The molecule has 1 aromatic heterocycles. The van der Waals surface area contributed by atoms with Gasteiger partial charge in [-0.15, -0.1) is 0 Å². The smallest absolute Gasteiger partial charge is 0.475 e. The Bertz CT molecular complexity index is 926. The zero-order valence-electron chi connectivity index (χ0n) is 13.9. The number of sulfone groups is 1. The van der Waals surface area contributed by atoms with Crippen molar-refractivity contribution in [1.82, 2.24) is 4.90 Å². The number of carboxylic acid groups (broad SMARTS) is 1. The Morgan fingerprint density at radius 3 is 2.48 bits per heavy atom. The molecule has 2 aromatic rings. The molecule has 2 aliphatic rings. The fourth-order valence-electron chi connectivity index (χ4n) is 3.44. The van der Waals surface area contributed by atoms with Crippen LogP contribution in [0.5, 0.6) is 0 Å². The van der Waals surface area contributed by atoms with Crippen molar-refractivity contribution in [2.45, 2.75) is 28.8 Å². The van der Waals surface area contributed by atoms with Gasteiger partial charge in [0.2, 0.25) is 0 Å². The van der Waals surface area contributed by atoms with Crippen molar-refractivity contribution < 1.29 is 31.5 Å². The molecule has 2 atom stereocenters. The minimum absolute atomic E-state index is 0.148. The summed E-state index contributed by atoms with van der Waals surface area (Å²) >= 11 is 1.69. The van der Waals surface area contributed by atoms with Crippen LogP contribution in [0.4, 0.5) is 13.2 Å². The van der Waals surface area contributed by atoms with Gasteiger partial charge in [0.1, 0.15) is 0 Å². The SMILES string of the molecule is O=C(O)C(F)(F)F.O=S1(=O)c2ccccc2C2CN(Cc3ccsc3)CC21. The maximum absolute atomic E-state index is 12.6. The molecule has 1 aromatic carbocycles. The molecular weight excluding hydrogens is 403 g/mol. The predicted molar refractivity (Wildman–Crippen MR) is 93.4 cm³/mol. The second-order valence-electron chi connectivity index (χ2n) is 6.36. The predicted octanol–water partition coefficient (Wildman–Crippen LogP) is 3.14. The molecule has 2 aliphatic heterocycles. The van der Waals surface area contributed by atoms with E-state index in [0.717, 1.165) is 18.7 Å². The van der Waals surface area contributed by atoms with Gasteiger partial charge in [-0.1, -0.05) is 18.2 Å². The number of thiophene rings is 1. The summed E-state index contributed by atoms with van der Waals surface area (Å²) in [5.74, 6) is -2.61. The van der Waals surface area contributed by atoms with Crippen LogP contribution in [0, 0.1) is 0 Å². The summed E-state index contributed by atoms with van der Waals surface area (Å²) in [5.41, 5.74) is 2.30. The van der Waals surface area contributed by atoms with Crippen molar-refractivity contribution in [3.63, 3.8) is 0 Å². The van der Waals surface area contributed by atoms with Gasteiger partial charge < -0.3 is 5.11 Å². The molecular formula is C17H16F3NO4S2. The summed E-state index contributed by atoms with van der Waals surface area (Å²) in [4.78, 5) is 11.7. The van der Waals surface area contributed by atoms with Crippen molar-refractivity contribution in [2.24, 2.45) is 0 Å². The number of rotatable bonds is 2. The lowest BCUT2D eigenvalue weighted by Gasteiger charge is -2.16. The Labute approximate surface area is 158 Å². The van der Waals surface area contributed by atoms with Gasteiger partial charge in [0.15, 0.2) is 9.84 Å². The molecule has 4 rings (SSSR count). The Balaban J connectivity index is 0.000000260. The number of likely N-dealkylation sites (tertiary alicyclic amines) is 1. The third-order valence-corrected chi connectivity index (χ3v) is 7.59. The third kappa shape index (κ3) is 4.02. The average Bonchev–Trinajstić information content (AvgIpc) is 3.28. The summed E-state index contributed by atoms with van der Waals surface area (Å²) in [6, 6.07) is 9.61. The zero-order chi connectivity index (χ0) is 19.8. The van der Waals surface area contributed by atoms with Gasteiger partial charge in [0.05, 0.1) is 10.1 Å². The van der Waals surface area contributed by atoms with Crippen LogP contribution in [0.3, 0.4) is 0 Å². The van der Waals surface area contributed by atoms with Crippen LogP contribution < -0.4 is 0 Å². The molecule has 27 heavy (non-hydrogen) atoms. The van der Waals surface area contributed by atoms with Gasteiger partial charge in [-0.05, 0) is 34.0 Å². The average molecular weight is 419 g/mol. The maximum atomic E-state index is 12.6. The molecule has 0 saturated carbocycles. The first-order valence-corrected chi connectivity index (χ1v) is 10.5. The number of aliphatic carboxylic acids is 1. The van der Waals surface area contributed by atoms with Crippen LogP contribution in [-0.4, -0.2) is 48.9 Å². The normalized spacial score (nSPS) is 23.2. The van der Waals surface area contributed by atoms with E-state index in [2.05, 4.69) is 21.7 Å². The van der Waals surface area contributed by atoms with Crippen LogP contribution in [0.2, 0.25) is 0 Å². The van der Waals surface area contributed by atoms with Gasteiger partial charge in [0, 0.05) is 25.6 Å². The first-order valence-electron chi connectivity index (χ1n) is 7.97. The minimum atomic E-state index is -5.08. The number of halogens is 3. The number of fused-ring (bicyclic) bond motifs is 3. The lowest BCUT2D eigenvalue weighted by molar-refractivity contribution is -0.192. The summed E-state index contributed by atoms with van der Waals surface area (Å²) in [7, 11) is -3.13. The van der Waals surface area contributed by atoms with E-state index >= 15 is 0 Å². The van der Waals surface area contributed by atoms with E-state index in [1.807, 2.05) is 18.2 Å². The van der Waals surface area contributed by atoms with E-state index in [9.17, 15) is 21.6 Å². The Morgan fingerprint density at radius 2 is 1.89 bits per heavy atom. The lowest BCUT2D eigenvalue weighted by atomic mass is 9.99. The van der Waals surface area contributed by atoms with Gasteiger partial charge in [-0.3, -0.25) is 4.90 Å². The van der Waals surface area contributed by atoms with Crippen LogP contribution >= 0.6 is 11.3 Å². The first-order chi connectivity index (χ1) is 12.6. The molecule has 0 radical (unpaired) electrons. The van der Waals surface area contributed by atoms with Crippen LogP contribution in [0.15, 0.2) is 46.0 Å². The number of carbonyl (C=O) groups is 1. The number of hydrogen-bond donors (Lipinski definition) is 1. The van der Waals surface area contributed by atoms with Crippen molar-refractivity contribution in [3.05, 3.63) is 52.2 Å². The van der Waals surface area contributed by atoms with E-state index in [4.69, 9.17) is 9.90 Å². The number of carboxylic acids is 1. The number of hydrogen-bond acceptors (Lipinski definition) is 5. The van der Waals surface area contributed by atoms with Crippen molar-refractivity contribution >= 4 is 27.1 Å². The fourth-order valence-corrected chi connectivity index (χ4v) is 6.32. The molecule has 5 nitrogen and oxygen atoms in total. The maximum Gasteiger partial charge on any atom is 0.490 e. The third-order valence-electron chi connectivity index (χ3n) is 4.59. The van der Waals surface area contributed by atoms with Gasteiger partial charge in [-0.2, -0.15) is 24.5 Å². The largest absolute Gasteiger partial charge is 0.490 e. The summed E-state index contributed by atoms with van der Waals surface area (Å²) < 4.78 is 56.9. The number of nitrogens with zero attached hydrogens (tertiary/aromatic N) is 1. The highest BCUT2D eigenvalue weighted by Gasteiger charge is 2.49. The van der Waals surface area contributed by atoms with Crippen LogP contribution in [0.1, 0.15) is 17.0 Å². The standard InChI is InChI=1S/C15H15NO2S2.C2HF3O2/c17-20(18)14-4-2-1-3-12(14)13-8-16(9-15(13)20)7-11-5-6-19-10-11;3-2(4,5)1(6)7/h1-6,10,13,15H,7-9H2;(H,6,7). The molecule has 146 valence electrons. The molecule has 1 saturated heterocycles. The first kappa shape index (κ1) is 19.8.